The van der Waals surface area contributed by atoms with Gasteiger partial charge in [-0.15, -0.1) is 0 Å². The number of hydrogen-bond acceptors (Lipinski definition) is 8. The number of aliphatic hydroxyl groups excluding tert-OH is 2. The van der Waals surface area contributed by atoms with Gasteiger partial charge < -0.3 is 30.6 Å². The molecule has 0 saturated heterocycles. The topological polar surface area (TPSA) is 166 Å². The molecule has 0 heterocycles. The van der Waals surface area contributed by atoms with E-state index >= 15 is 0 Å². The average Bonchev–Trinajstić information content (AvgIpc) is 3.22. The summed E-state index contributed by atoms with van der Waals surface area (Å²) < 4.78 is 0. The smallest absolute Gasteiger partial charge is 0.306 e. The molecule has 10 heteroatoms. The number of rotatable bonds is 8. The van der Waals surface area contributed by atoms with Gasteiger partial charge in [0, 0.05) is 12.0 Å². The molecule has 0 radical (unpaired) electrons. The van der Waals surface area contributed by atoms with Gasteiger partial charge in [-0.05, 0) is 106 Å². The number of aliphatic carboxylic acids is 1. The lowest BCUT2D eigenvalue weighted by Gasteiger charge is -2.60. The van der Waals surface area contributed by atoms with Crippen LogP contribution in [0, 0.1) is 40.4 Å². The molecule has 228 valence electrons. The number of hydrogen-bond donors (Lipinski definition) is 5. The Bertz CT molecular complexity index is 1110. The van der Waals surface area contributed by atoms with E-state index in [1.165, 1.54) is 5.57 Å². The van der Waals surface area contributed by atoms with Gasteiger partial charge in [0.15, 0.2) is 12.4 Å². The fourth-order valence-electron chi connectivity index (χ4n) is 9.46. The third-order valence-electron chi connectivity index (χ3n) is 11.8. The molecule has 7 atom stereocenters. The quantitative estimate of drug-likeness (QED) is 0.276. The summed E-state index contributed by atoms with van der Waals surface area (Å²) in [5, 5.41) is 48.7. The molecule has 0 unspecified atom stereocenters. The molecule has 0 aromatic rings. The van der Waals surface area contributed by atoms with E-state index in [1.54, 1.807) is 0 Å². The number of carboxylic acid groups (broad SMARTS) is 1. The van der Waals surface area contributed by atoms with Crippen molar-refractivity contribution in [1.82, 2.24) is 5.32 Å². The second-order valence-electron chi connectivity index (χ2n) is 13.8. The van der Waals surface area contributed by atoms with E-state index in [4.69, 9.17) is 9.94 Å². The Hall–Kier alpha value is -2.30. The highest BCUT2D eigenvalue weighted by molar-refractivity contribution is 5.96. The predicted octanol–water partition coefficient (Wildman–Crippen LogP) is 2.59. The number of carbonyl (C=O) groups is 3. The van der Waals surface area contributed by atoms with Gasteiger partial charge in [-0.25, -0.2) is 0 Å². The molecule has 4 saturated carbocycles. The van der Waals surface area contributed by atoms with Crippen LogP contribution in [0.15, 0.2) is 16.8 Å². The number of nitrogens with zero attached hydrogens (tertiary/aromatic N) is 1. The summed E-state index contributed by atoms with van der Waals surface area (Å²) in [6, 6.07) is 0. The summed E-state index contributed by atoms with van der Waals surface area (Å²) in [4.78, 5) is 41.4. The number of oxime groups is 1. The highest BCUT2D eigenvalue weighted by Gasteiger charge is 2.68. The fraction of sp³-hybridized carbons (Fsp3) is 0.806. The standard InChI is InChI=1S/C31H46N2O8/c1-29-11-9-21(33-41-17-26(37)32-15-18-3-5-19(6-4-18)28(38)39)13-20(29)7-8-22-23-10-12-31(40,25(36)16-34)30(23,2)14-24(35)27(22)29/h13,18-19,22-24,27,34-35,40H,3-12,14-17H2,1-2H3,(H,32,37)(H,38,39)/b33-21+/t18?,19?,22-,23-,24+,27+,29-,30-,31-/m0/s1. The molecule has 5 aliphatic carbocycles. The lowest BCUT2D eigenvalue weighted by molar-refractivity contribution is -0.181. The first-order valence-electron chi connectivity index (χ1n) is 15.4. The molecular weight excluding hydrogens is 528 g/mol. The number of carboxylic acids is 1. The van der Waals surface area contributed by atoms with E-state index in [1.807, 2.05) is 6.92 Å². The van der Waals surface area contributed by atoms with Crippen molar-refractivity contribution in [3.63, 3.8) is 0 Å². The molecule has 5 rings (SSSR count). The van der Waals surface area contributed by atoms with Crippen molar-refractivity contribution in [3.8, 4) is 0 Å². The summed E-state index contributed by atoms with van der Waals surface area (Å²) in [5.41, 5.74) is -0.545. The van der Waals surface area contributed by atoms with Crippen molar-refractivity contribution >= 4 is 23.4 Å². The Labute approximate surface area is 241 Å². The summed E-state index contributed by atoms with van der Waals surface area (Å²) >= 11 is 0. The van der Waals surface area contributed by atoms with Gasteiger partial charge in [0.1, 0.15) is 12.2 Å². The van der Waals surface area contributed by atoms with Crippen LogP contribution in [-0.2, 0) is 19.2 Å². The average molecular weight is 575 g/mol. The molecule has 0 aromatic heterocycles. The molecule has 0 bridgehead atoms. The van der Waals surface area contributed by atoms with Gasteiger partial charge in [0.25, 0.3) is 5.91 Å². The van der Waals surface area contributed by atoms with Crippen LogP contribution in [0.2, 0.25) is 0 Å². The molecule has 5 aliphatic rings. The van der Waals surface area contributed by atoms with Crippen LogP contribution >= 0.6 is 0 Å². The van der Waals surface area contributed by atoms with Gasteiger partial charge in [-0.2, -0.15) is 0 Å². The Morgan fingerprint density at radius 2 is 1.80 bits per heavy atom. The maximum absolute atomic E-state index is 12.6. The summed E-state index contributed by atoms with van der Waals surface area (Å²) in [7, 11) is 0. The third kappa shape index (κ3) is 5.25. The number of aliphatic hydroxyl groups is 3. The molecule has 0 aliphatic heterocycles. The molecule has 0 spiro atoms. The number of ketones is 1. The highest BCUT2D eigenvalue weighted by Crippen LogP contribution is 2.67. The zero-order valence-electron chi connectivity index (χ0n) is 24.3. The maximum Gasteiger partial charge on any atom is 0.306 e. The van der Waals surface area contributed by atoms with Gasteiger partial charge in [-0.1, -0.05) is 24.6 Å². The van der Waals surface area contributed by atoms with Gasteiger partial charge in [0.2, 0.25) is 0 Å². The second-order valence-corrected chi connectivity index (χ2v) is 13.8. The summed E-state index contributed by atoms with van der Waals surface area (Å²) in [6.07, 6.45) is 8.85. The monoisotopic (exact) mass is 574 g/mol. The molecular formula is C31H46N2O8. The first kappa shape index (κ1) is 30.2. The van der Waals surface area contributed by atoms with E-state index in [0.29, 0.717) is 45.1 Å². The molecule has 10 nitrogen and oxygen atoms in total. The van der Waals surface area contributed by atoms with Gasteiger partial charge >= 0.3 is 5.97 Å². The van der Waals surface area contributed by atoms with Gasteiger partial charge in [-0.3, -0.25) is 14.4 Å². The molecule has 4 fully saturated rings. The summed E-state index contributed by atoms with van der Waals surface area (Å²) in [5.74, 6) is -1.18. The Morgan fingerprint density at radius 1 is 1.07 bits per heavy atom. The minimum absolute atomic E-state index is 0.0194. The van der Waals surface area contributed by atoms with Crippen LogP contribution in [0.3, 0.4) is 0 Å². The number of carbonyl (C=O) groups excluding carboxylic acids is 2. The predicted molar refractivity (Wildman–Crippen MR) is 150 cm³/mol. The fourth-order valence-corrected chi connectivity index (χ4v) is 9.46. The minimum Gasteiger partial charge on any atom is -0.481 e. The van der Waals surface area contributed by atoms with E-state index in [2.05, 4.69) is 23.5 Å². The van der Waals surface area contributed by atoms with Crippen molar-refractivity contribution < 1.29 is 39.6 Å². The lowest BCUT2D eigenvalue weighted by atomic mass is 9.45. The summed E-state index contributed by atoms with van der Waals surface area (Å²) in [6.45, 7) is 3.80. The minimum atomic E-state index is -1.59. The molecule has 41 heavy (non-hydrogen) atoms. The number of allylic oxidation sites excluding steroid dienone is 2. The van der Waals surface area contributed by atoms with Crippen molar-refractivity contribution in [1.29, 1.82) is 0 Å². The van der Waals surface area contributed by atoms with Crippen LogP contribution < -0.4 is 5.32 Å². The zero-order chi connectivity index (χ0) is 29.6. The number of Topliss-reactive ketones (excluding diaryl/α,β-unsaturated/α-hetero) is 1. The van der Waals surface area contributed by atoms with Crippen LogP contribution in [0.4, 0.5) is 0 Å². The lowest BCUT2D eigenvalue weighted by Crippen LogP contribution is -2.62. The van der Waals surface area contributed by atoms with Crippen LogP contribution in [-0.4, -0.2) is 75.3 Å². The van der Waals surface area contributed by atoms with Crippen molar-refractivity contribution in [3.05, 3.63) is 11.6 Å². The zero-order valence-corrected chi connectivity index (χ0v) is 24.3. The van der Waals surface area contributed by atoms with Crippen molar-refractivity contribution in [2.45, 2.75) is 96.2 Å². The number of amides is 1. The first-order valence-corrected chi connectivity index (χ1v) is 15.4. The van der Waals surface area contributed by atoms with E-state index in [-0.39, 0.29) is 47.5 Å². The second kappa shape index (κ2) is 11.4. The number of fused-ring (bicyclic) bond motifs is 5. The molecule has 1 amide bonds. The third-order valence-corrected chi connectivity index (χ3v) is 11.8. The molecule has 5 N–H and O–H groups in total. The Kier molecular flexibility index (Phi) is 8.40. The van der Waals surface area contributed by atoms with Crippen LogP contribution in [0.1, 0.15) is 84.5 Å². The van der Waals surface area contributed by atoms with Gasteiger partial charge in [0.05, 0.1) is 17.7 Å². The van der Waals surface area contributed by atoms with E-state index < -0.39 is 35.5 Å². The van der Waals surface area contributed by atoms with E-state index in [9.17, 15) is 29.7 Å². The van der Waals surface area contributed by atoms with Crippen LogP contribution in [0.5, 0.6) is 0 Å². The largest absolute Gasteiger partial charge is 0.481 e. The maximum atomic E-state index is 12.6. The normalized spacial score (nSPS) is 42.9. The van der Waals surface area contributed by atoms with Crippen molar-refractivity contribution in [2.24, 2.45) is 45.6 Å². The van der Waals surface area contributed by atoms with E-state index in [0.717, 1.165) is 37.8 Å². The van der Waals surface area contributed by atoms with Crippen LogP contribution in [0.25, 0.3) is 0 Å². The SMILES string of the molecule is C[C@]12CC/C(=N\OCC(=O)NCC3CCC(C(=O)O)CC3)C=C1CC[C@@H]1[C@@H]2[C@H](O)C[C@@]2(C)[C@H]1CC[C@]2(O)C(=O)CO. The molecule has 0 aromatic carbocycles. The Balaban J connectivity index is 1.17. The highest BCUT2D eigenvalue weighted by atomic mass is 16.6. The first-order chi connectivity index (χ1) is 19.4. The Morgan fingerprint density at radius 3 is 2.49 bits per heavy atom. The van der Waals surface area contributed by atoms with Crippen molar-refractivity contribution in [2.75, 3.05) is 19.8 Å². The number of nitrogens with one attached hydrogen (secondary N) is 1.